The molecule has 150 valence electrons. The van der Waals surface area contributed by atoms with Crippen LogP contribution in [0.4, 0.5) is 10.1 Å². The van der Waals surface area contributed by atoms with Crippen LogP contribution in [-0.4, -0.2) is 68.6 Å². The molecule has 0 radical (unpaired) electrons. The van der Waals surface area contributed by atoms with Crippen LogP contribution >= 0.6 is 15.9 Å². The highest BCUT2D eigenvalue weighted by Crippen LogP contribution is 2.17. The van der Waals surface area contributed by atoms with Crippen LogP contribution in [0.15, 0.2) is 53.0 Å². The molecule has 0 aromatic heterocycles. The van der Waals surface area contributed by atoms with E-state index < -0.39 is 0 Å². The van der Waals surface area contributed by atoms with Crippen LogP contribution in [0.2, 0.25) is 0 Å². The van der Waals surface area contributed by atoms with E-state index in [1.807, 2.05) is 31.3 Å². The van der Waals surface area contributed by atoms with E-state index >= 15 is 0 Å². The molecule has 0 N–H and O–H groups in total. The molecule has 3 rings (SSSR count). The highest BCUT2D eigenvalue weighted by atomic mass is 79.9. The molecule has 2 aromatic rings. The number of piperazine rings is 1. The Balaban J connectivity index is 1.37. The molecule has 2 aromatic carbocycles. The lowest BCUT2D eigenvalue weighted by Crippen LogP contribution is -2.50. The van der Waals surface area contributed by atoms with Gasteiger partial charge in [-0.25, -0.2) is 4.39 Å². The van der Waals surface area contributed by atoms with E-state index in [-0.39, 0.29) is 11.7 Å². The van der Waals surface area contributed by atoms with Gasteiger partial charge in [-0.05, 0) is 48.5 Å². The van der Waals surface area contributed by atoms with Crippen LogP contribution in [0.25, 0.3) is 0 Å². The molecule has 1 fully saturated rings. The van der Waals surface area contributed by atoms with E-state index in [1.54, 1.807) is 17.0 Å². The molecule has 0 bridgehead atoms. The van der Waals surface area contributed by atoms with Crippen molar-refractivity contribution in [2.75, 3.05) is 57.8 Å². The van der Waals surface area contributed by atoms with Gasteiger partial charge in [0.1, 0.15) is 18.2 Å². The molecule has 5 nitrogen and oxygen atoms in total. The minimum absolute atomic E-state index is 0.0923. The topological polar surface area (TPSA) is 36.0 Å². The molecule has 28 heavy (non-hydrogen) atoms. The predicted molar refractivity (Wildman–Crippen MR) is 112 cm³/mol. The Hall–Kier alpha value is -2.12. The molecule has 0 saturated carbocycles. The van der Waals surface area contributed by atoms with Gasteiger partial charge in [0.05, 0.1) is 13.1 Å². The van der Waals surface area contributed by atoms with Gasteiger partial charge in [0.25, 0.3) is 0 Å². The average Bonchev–Trinajstić information content (AvgIpc) is 2.70. The summed E-state index contributed by atoms with van der Waals surface area (Å²) in [4.78, 5) is 18.5. The number of hydrogen-bond donors (Lipinski definition) is 0. The summed E-state index contributed by atoms with van der Waals surface area (Å²) in [5.74, 6) is 0.663. The summed E-state index contributed by atoms with van der Waals surface area (Å²) in [6.45, 7) is 4.70. The second-order valence-corrected chi connectivity index (χ2v) is 7.77. The minimum atomic E-state index is -0.222. The van der Waals surface area contributed by atoms with Gasteiger partial charge in [0.2, 0.25) is 5.91 Å². The number of carbonyl (C=O) groups excluding carboxylic acids is 1. The van der Waals surface area contributed by atoms with Gasteiger partial charge in [0, 0.05) is 43.4 Å². The Morgan fingerprint density at radius 1 is 1.07 bits per heavy atom. The number of benzene rings is 2. The van der Waals surface area contributed by atoms with Gasteiger partial charge < -0.3 is 14.5 Å². The van der Waals surface area contributed by atoms with Crippen molar-refractivity contribution in [1.29, 1.82) is 0 Å². The summed E-state index contributed by atoms with van der Waals surface area (Å²) in [5, 5.41) is 0. The van der Waals surface area contributed by atoms with Crippen molar-refractivity contribution < 1.29 is 13.9 Å². The molecule has 1 amide bonds. The predicted octanol–water partition coefficient (Wildman–Crippen LogP) is 3.25. The zero-order chi connectivity index (χ0) is 19.9. The molecule has 0 spiro atoms. The fourth-order valence-electron chi connectivity index (χ4n) is 3.08. The van der Waals surface area contributed by atoms with Crippen molar-refractivity contribution in [3.8, 4) is 5.75 Å². The quantitative estimate of drug-likeness (QED) is 0.649. The first-order valence-corrected chi connectivity index (χ1v) is 10.2. The Bertz CT molecular complexity index is 762. The van der Waals surface area contributed by atoms with Crippen LogP contribution in [0.1, 0.15) is 0 Å². The van der Waals surface area contributed by atoms with E-state index in [2.05, 4.69) is 25.7 Å². The van der Waals surface area contributed by atoms with Crippen molar-refractivity contribution in [1.82, 2.24) is 9.80 Å². The maximum atomic E-state index is 13.1. The maximum absolute atomic E-state index is 13.1. The molecule has 0 aliphatic carbocycles. The van der Waals surface area contributed by atoms with E-state index in [0.717, 1.165) is 42.1 Å². The number of hydrogen-bond acceptors (Lipinski definition) is 4. The van der Waals surface area contributed by atoms with Crippen molar-refractivity contribution in [2.24, 2.45) is 0 Å². The van der Waals surface area contributed by atoms with Crippen molar-refractivity contribution in [3.05, 3.63) is 58.8 Å². The number of carbonyl (C=O) groups is 1. The fourth-order valence-corrected chi connectivity index (χ4v) is 3.35. The van der Waals surface area contributed by atoms with Gasteiger partial charge in [0.15, 0.2) is 0 Å². The number of nitrogens with zero attached hydrogens (tertiary/aromatic N) is 3. The normalized spacial score (nSPS) is 14.8. The smallest absolute Gasteiger partial charge is 0.236 e. The van der Waals surface area contributed by atoms with Crippen molar-refractivity contribution >= 4 is 27.5 Å². The Morgan fingerprint density at radius 2 is 1.71 bits per heavy atom. The van der Waals surface area contributed by atoms with Crippen molar-refractivity contribution in [2.45, 2.75) is 0 Å². The lowest BCUT2D eigenvalue weighted by molar-refractivity contribution is -0.131. The van der Waals surface area contributed by atoms with Crippen LogP contribution < -0.4 is 9.64 Å². The SMILES string of the molecule is CN(CCOc1ccc(Br)cc1)C(=O)CN1CCN(c2ccc(F)cc2)CC1. The molecule has 1 aliphatic rings. The van der Waals surface area contributed by atoms with Gasteiger partial charge in [-0.15, -0.1) is 0 Å². The van der Waals surface area contributed by atoms with Gasteiger partial charge in [-0.3, -0.25) is 9.69 Å². The monoisotopic (exact) mass is 449 g/mol. The van der Waals surface area contributed by atoms with Gasteiger partial charge >= 0.3 is 0 Å². The largest absolute Gasteiger partial charge is 0.492 e. The standard InChI is InChI=1S/C21H25BrFN3O2/c1-24(14-15-28-20-8-2-17(22)3-9-20)21(27)16-25-10-12-26(13-11-25)19-6-4-18(23)5-7-19/h2-9H,10-16H2,1H3. The van der Waals surface area contributed by atoms with Crippen LogP contribution in [0, 0.1) is 5.82 Å². The number of halogens is 2. The molecular formula is C21H25BrFN3O2. The average molecular weight is 450 g/mol. The summed E-state index contributed by atoms with van der Waals surface area (Å²) >= 11 is 3.39. The van der Waals surface area contributed by atoms with Crippen LogP contribution in [-0.2, 0) is 4.79 Å². The molecular weight excluding hydrogens is 425 g/mol. The van der Waals surface area contributed by atoms with E-state index in [9.17, 15) is 9.18 Å². The zero-order valence-electron chi connectivity index (χ0n) is 16.0. The first kappa shape index (κ1) is 20.6. The van der Waals surface area contributed by atoms with E-state index in [4.69, 9.17) is 4.74 Å². The van der Waals surface area contributed by atoms with Gasteiger partial charge in [-0.2, -0.15) is 0 Å². The molecule has 1 heterocycles. The number of ether oxygens (including phenoxy) is 1. The molecule has 1 aliphatic heterocycles. The summed E-state index contributed by atoms with van der Waals surface area (Å²) in [5.41, 5.74) is 1.02. The Morgan fingerprint density at radius 3 is 2.36 bits per heavy atom. The molecule has 7 heteroatoms. The fraction of sp³-hybridized carbons (Fsp3) is 0.381. The second kappa shape index (κ2) is 9.89. The first-order chi connectivity index (χ1) is 13.5. The third-order valence-corrected chi connectivity index (χ3v) is 5.39. The second-order valence-electron chi connectivity index (χ2n) is 6.86. The highest BCUT2D eigenvalue weighted by Gasteiger charge is 2.20. The number of likely N-dealkylation sites (N-methyl/N-ethyl adjacent to an activating group) is 1. The first-order valence-electron chi connectivity index (χ1n) is 9.36. The lowest BCUT2D eigenvalue weighted by Gasteiger charge is -2.36. The molecule has 0 unspecified atom stereocenters. The third kappa shape index (κ3) is 5.94. The minimum Gasteiger partial charge on any atom is -0.492 e. The van der Waals surface area contributed by atoms with Gasteiger partial charge in [-0.1, -0.05) is 15.9 Å². The lowest BCUT2D eigenvalue weighted by atomic mass is 10.2. The maximum Gasteiger partial charge on any atom is 0.236 e. The van der Waals surface area contributed by atoms with E-state index in [1.165, 1.54) is 12.1 Å². The zero-order valence-corrected chi connectivity index (χ0v) is 17.6. The molecule has 0 atom stereocenters. The number of rotatable bonds is 7. The summed E-state index contributed by atoms with van der Waals surface area (Å²) < 4.78 is 19.7. The summed E-state index contributed by atoms with van der Waals surface area (Å²) in [7, 11) is 1.81. The molecule has 1 saturated heterocycles. The number of anilines is 1. The van der Waals surface area contributed by atoms with E-state index in [0.29, 0.717) is 19.7 Å². The van der Waals surface area contributed by atoms with Crippen LogP contribution in [0.3, 0.4) is 0 Å². The third-order valence-electron chi connectivity index (χ3n) is 4.86. The van der Waals surface area contributed by atoms with Crippen LogP contribution in [0.5, 0.6) is 5.75 Å². The van der Waals surface area contributed by atoms with Crippen molar-refractivity contribution in [3.63, 3.8) is 0 Å². The Kier molecular flexibility index (Phi) is 7.28. The Labute approximate surface area is 173 Å². The number of amides is 1. The summed E-state index contributed by atoms with van der Waals surface area (Å²) in [6, 6.07) is 14.2. The highest BCUT2D eigenvalue weighted by molar-refractivity contribution is 9.10. The summed E-state index contributed by atoms with van der Waals surface area (Å²) in [6.07, 6.45) is 0.